The van der Waals surface area contributed by atoms with Crippen molar-refractivity contribution >= 4 is 11.9 Å². The Bertz CT molecular complexity index is 1400. The van der Waals surface area contributed by atoms with Crippen LogP contribution in [0.25, 0.3) is 0 Å². The smallest absolute Gasteiger partial charge is 0.320 e. The van der Waals surface area contributed by atoms with Crippen molar-refractivity contribution in [1.82, 2.24) is 0 Å². The highest BCUT2D eigenvalue weighted by atomic mass is 16.6. The minimum Gasteiger partial charge on any atom is -0.497 e. The van der Waals surface area contributed by atoms with Crippen LogP contribution in [-0.4, -0.2) is 39.4 Å². The molecule has 0 saturated heterocycles. The van der Waals surface area contributed by atoms with Crippen molar-refractivity contribution in [2.24, 2.45) is 5.92 Å². The number of carbonyl (C=O) groups excluding carboxylic acids is 2. The van der Waals surface area contributed by atoms with Gasteiger partial charge >= 0.3 is 11.9 Å². The minimum absolute atomic E-state index is 0.176. The molecule has 0 aliphatic heterocycles. The molecule has 254 valence electrons. The second-order valence-electron chi connectivity index (χ2n) is 11.4. The lowest BCUT2D eigenvalue weighted by Crippen LogP contribution is -2.29. The number of esters is 2. The normalized spacial score (nSPS) is 10.8. The predicted molar refractivity (Wildman–Crippen MR) is 184 cm³/mol. The third kappa shape index (κ3) is 12.0. The number of methoxy groups -OCH3 is 2. The van der Waals surface area contributed by atoms with Crippen LogP contribution in [0.1, 0.15) is 54.9 Å². The van der Waals surface area contributed by atoms with Gasteiger partial charge in [0.05, 0.1) is 27.4 Å². The van der Waals surface area contributed by atoms with Crippen molar-refractivity contribution in [1.29, 1.82) is 0 Å². The fourth-order valence-corrected chi connectivity index (χ4v) is 4.95. The Kier molecular flexibility index (Phi) is 14.7. The molecule has 0 fully saturated rings. The predicted octanol–water partition coefficient (Wildman–Crippen LogP) is 7.93. The second kappa shape index (κ2) is 19.6. The van der Waals surface area contributed by atoms with E-state index in [9.17, 15) is 9.59 Å². The van der Waals surface area contributed by atoms with E-state index in [1.54, 1.807) is 14.2 Å². The van der Waals surface area contributed by atoms with E-state index in [0.29, 0.717) is 32.5 Å². The minimum atomic E-state index is -0.931. The maximum absolute atomic E-state index is 13.0. The van der Waals surface area contributed by atoms with E-state index in [2.05, 4.69) is 6.92 Å². The average molecular weight is 655 g/mol. The van der Waals surface area contributed by atoms with Gasteiger partial charge in [0.2, 0.25) is 0 Å². The summed E-state index contributed by atoms with van der Waals surface area (Å²) in [6.45, 7) is 3.33. The largest absolute Gasteiger partial charge is 0.497 e. The van der Waals surface area contributed by atoms with E-state index < -0.39 is 17.9 Å². The first kappa shape index (κ1) is 35.9. The molecule has 0 unspecified atom stereocenters. The van der Waals surface area contributed by atoms with Gasteiger partial charge in [0, 0.05) is 12.8 Å². The molecular formula is C40H46O8. The van der Waals surface area contributed by atoms with Gasteiger partial charge in [-0.2, -0.15) is 0 Å². The fourth-order valence-electron chi connectivity index (χ4n) is 4.95. The van der Waals surface area contributed by atoms with Crippen LogP contribution in [0.2, 0.25) is 0 Å². The second-order valence-corrected chi connectivity index (χ2v) is 11.4. The molecule has 0 heterocycles. The number of carbonyl (C=O) groups is 2. The molecule has 8 nitrogen and oxygen atoms in total. The molecule has 0 atom stereocenters. The lowest BCUT2D eigenvalue weighted by atomic mass is 10.0. The van der Waals surface area contributed by atoms with Crippen LogP contribution in [0.4, 0.5) is 0 Å². The van der Waals surface area contributed by atoms with Crippen LogP contribution in [0.15, 0.2) is 97.1 Å². The fraction of sp³-hybridized carbons (Fsp3) is 0.350. The highest BCUT2D eigenvalue weighted by molar-refractivity contribution is 5.94. The van der Waals surface area contributed by atoms with Crippen molar-refractivity contribution in [3.8, 4) is 23.0 Å². The Hall–Kier alpha value is -4.98. The van der Waals surface area contributed by atoms with Crippen LogP contribution < -0.4 is 18.9 Å². The molecule has 0 aliphatic carbocycles. The van der Waals surface area contributed by atoms with E-state index in [4.69, 9.17) is 28.4 Å². The summed E-state index contributed by atoms with van der Waals surface area (Å²) in [5, 5.41) is 0. The summed E-state index contributed by atoms with van der Waals surface area (Å²) in [4.78, 5) is 26.0. The summed E-state index contributed by atoms with van der Waals surface area (Å²) in [6.07, 6.45) is 4.13. The van der Waals surface area contributed by atoms with Gasteiger partial charge < -0.3 is 28.4 Å². The quantitative estimate of drug-likeness (QED) is 0.0539. The van der Waals surface area contributed by atoms with Crippen molar-refractivity contribution < 1.29 is 38.0 Å². The lowest BCUT2D eigenvalue weighted by Gasteiger charge is -2.16. The number of unbranched alkanes of at least 4 members (excludes halogenated alkanes) is 2. The van der Waals surface area contributed by atoms with Crippen molar-refractivity contribution in [2.75, 3.05) is 27.4 Å². The molecule has 0 aliphatic rings. The van der Waals surface area contributed by atoms with Crippen LogP contribution >= 0.6 is 0 Å². The van der Waals surface area contributed by atoms with Crippen molar-refractivity contribution in [3.63, 3.8) is 0 Å². The highest BCUT2D eigenvalue weighted by Gasteiger charge is 2.29. The summed E-state index contributed by atoms with van der Waals surface area (Å²) in [6, 6.07) is 30.9. The Labute approximate surface area is 283 Å². The van der Waals surface area contributed by atoms with Gasteiger partial charge in [-0.1, -0.05) is 74.7 Å². The zero-order valence-corrected chi connectivity index (χ0v) is 28.2. The number of benzene rings is 4. The molecule has 4 aromatic carbocycles. The number of rotatable bonds is 20. The summed E-state index contributed by atoms with van der Waals surface area (Å²) in [5.41, 5.74) is 4.09. The maximum atomic E-state index is 13.0. The highest BCUT2D eigenvalue weighted by Crippen LogP contribution is 2.20. The van der Waals surface area contributed by atoms with Crippen LogP contribution in [0.3, 0.4) is 0 Å². The van der Waals surface area contributed by atoms with E-state index in [0.717, 1.165) is 64.5 Å². The van der Waals surface area contributed by atoms with Crippen molar-refractivity contribution in [3.05, 3.63) is 119 Å². The average Bonchev–Trinajstić information content (AvgIpc) is 3.13. The summed E-state index contributed by atoms with van der Waals surface area (Å²) in [7, 11) is 3.28. The number of ether oxygens (including phenoxy) is 6. The van der Waals surface area contributed by atoms with Gasteiger partial charge in [-0.05, 0) is 77.2 Å². The Morgan fingerprint density at radius 2 is 0.896 bits per heavy atom. The molecule has 8 heteroatoms. The topological polar surface area (TPSA) is 89.5 Å². The summed E-state index contributed by atoms with van der Waals surface area (Å²) < 4.78 is 33.3. The van der Waals surface area contributed by atoms with Crippen molar-refractivity contribution in [2.45, 2.75) is 58.7 Å². The molecule has 0 N–H and O–H groups in total. The van der Waals surface area contributed by atoms with Gasteiger partial charge in [-0.15, -0.1) is 0 Å². The SMILES string of the molecule is CCCCCC(C(=O)OCCc1ccc(OCc2ccc(OC)cc2)cc1)C(=O)OCCc1ccc(OCc2ccc(OC)cc2)cc1. The Morgan fingerprint density at radius 1 is 0.521 bits per heavy atom. The van der Waals surface area contributed by atoms with E-state index >= 15 is 0 Å². The van der Waals surface area contributed by atoms with Gasteiger partial charge in [0.15, 0.2) is 5.92 Å². The molecule has 0 saturated carbocycles. The Morgan fingerprint density at radius 3 is 1.27 bits per heavy atom. The summed E-state index contributed by atoms with van der Waals surface area (Å²) in [5.74, 6) is 1.11. The summed E-state index contributed by atoms with van der Waals surface area (Å²) >= 11 is 0. The maximum Gasteiger partial charge on any atom is 0.320 e. The first-order valence-corrected chi connectivity index (χ1v) is 16.5. The standard InChI is InChI=1S/C40H46O8/c1-4-5-6-7-38(39(41)45-26-24-30-8-20-36(21-9-30)47-28-32-12-16-34(43-2)17-13-32)40(42)46-27-25-31-10-22-37(23-11-31)48-29-33-14-18-35(44-3)19-15-33/h8-23,38H,4-7,24-29H2,1-3H3. The van der Waals surface area contributed by atoms with E-state index in [-0.39, 0.29) is 13.2 Å². The van der Waals surface area contributed by atoms with Gasteiger partial charge in [-0.25, -0.2) is 0 Å². The van der Waals surface area contributed by atoms with Gasteiger partial charge in [-0.3, -0.25) is 9.59 Å². The zero-order valence-electron chi connectivity index (χ0n) is 28.2. The number of hydrogen-bond donors (Lipinski definition) is 0. The molecule has 0 amide bonds. The lowest BCUT2D eigenvalue weighted by molar-refractivity contribution is -0.162. The zero-order chi connectivity index (χ0) is 34.0. The van der Waals surface area contributed by atoms with Crippen LogP contribution in [-0.2, 0) is 45.1 Å². The van der Waals surface area contributed by atoms with Crippen LogP contribution in [0, 0.1) is 5.92 Å². The molecule has 0 spiro atoms. The molecule has 48 heavy (non-hydrogen) atoms. The third-order valence-electron chi connectivity index (χ3n) is 7.91. The molecular weight excluding hydrogens is 608 g/mol. The van der Waals surface area contributed by atoms with Gasteiger partial charge in [0.25, 0.3) is 0 Å². The first-order valence-electron chi connectivity index (χ1n) is 16.5. The van der Waals surface area contributed by atoms with Crippen LogP contribution in [0.5, 0.6) is 23.0 Å². The Balaban J connectivity index is 1.18. The third-order valence-corrected chi connectivity index (χ3v) is 7.91. The monoisotopic (exact) mass is 654 g/mol. The molecule has 0 aromatic heterocycles. The number of hydrogen-bond acceptors (Lipinski definition) is 8. The van der Waals surface area contributed by atoms with E-state index in [1.807, 2.05) is 97.1 Å². The molecule has 0 radical (unpaired) electrons. The van der Waals surface area contributed by atoms with E-state index in [1.165, 1.54) is 0 Å². The molecule has 4 aromatic rings. The molecule has 0 bridgehead atoms. The van der Waals surface area contributed by atoms with Gasteiger partial charge in [0.1, 0.15) is 36.2 Å². The first-order chi connectivity index (χ1) is 23.5. The molecule has 4 rings (SSSR count).